The van der Waals surface area contributed by atoms with Gasteiger partial charge in [-0.3, -0.25) is 4.79 Å². The summed E-state index contributed by atoms with van der Waals surface area (Å²) in [5.74, 6) is 1.93. The number of nitrogens with one attached hydrogen (secondary N) is 1. The van der Waals surface area contributed by atoms with Crippen molar-refractivity contribution in [1.29, 1.82) is 0 Å². The van der Waals surface area contributed by atoms with Gasteiger partial charge in [-0.05, 0) is 30.5 Å². The van der Waals surface area contributed by atoms with Crippen LogP contribution in [-0.4, -0.2) is 31.2 Å². The van der Waals surface area contributed by atoms with Gasteiger partial charge in [0.05, 0.1) is 19.7 Å². The van der Waals surface area contributed by atoms with Gasteiger partial charge in [0.25, 0.3) is 5.91 Å². The van der Waals surface area contributed by atoms with Crippen LogP contribution in [-0.2, 0) is 7.05 Å². The first kappa shape index (κ1) is 16.2. The predicted molar refractivity (Wildman–Crippen MR) is 87.8 cm³/mol. The van der Waals surface area contributed by atoms with Crippen LogP contribution in [0.3, 0.4) is 0 Å². The van der Waals surface area contributed by atoms with Crippen molar-refractivity contribution in [3.8, 4) is 11.5 Å². The van der Waals surface area contributed by atoms with Gasteiger partial charge in [-0.25, -0.2) is 0 Å². The third-order valence-corrected chi connectivity index (χ3v) is 3.80. The lowest BCUT2D eigenvalue weighted by Gasteiger charge is -2.10. The third kappa shape index (κ3) is 3.03. The molecular formula is C17H24N2O3. The van der Waals surface area contributed by atoms with Gasteiger partial charge in [-0.15, -0.1) is 0 Å². The lowest BCUT2D eigenvalue weighted by atomic mass is 10.1. The number of hydrogen-bond acceptors (Lipinski definition) is 3. The molecule has 0 aliphatic carbocycles. The molecule has 1 aromatic carbocycles. The molecule has 2 rings (SSSR count). The molecule has 1 heterocycles. The van der Waals surface area contributed by atoms with Gasteiger partial charge in [-0.1, -0.05) is 13.8 Å². The number of benzene rings is 1. The van der Waals surface area contributed by atoms with Crippen molar-refractivity contribution in [2.24, 2.45) is 13.0 Å². The Balaban J connectivity index is 2.39. The van der Waals surface area contributed by atoms with Crippen LogP contribution in [0, 0.1) is 5.92 Å². The highest BCUT2D eigenvalue weighted by atomic mass is 16.5. The molecular weight excluding hydrogens is 280 g/mol. The summed E-state index contributed by atoms with van der Waals surface area (Å²) >= 11 is 0. The minimum absolute atomic E-state index is 0.0801. The van der Waals surface area contributed by atoms with Crippen LogP contribution in [0.2, 0.25) is 0 Å². The summed E-state index contributed by atoms with van der Waals surface area (Å²) in [5.41, 5.74) is 1.46. The van der Waals surface area contributed by atoms with E-state index in [0.717, 1.165) is 28.8 Å². The largest absolute Gasteiger partial charge is 0.496 e. The second-order valence-electron chi connectivity index (χ2n) is 5.76. The zero-order valence-corrected chi connectivity index (χ0v) is 13.9. The van der Waals surface area contributed by atoms with E-state index < -0.39 is 0 Å². The number of nitrogens with zero attached hydrogens (tertiary/aromatic N) is 1. The maximum atomic E-state index is 12.4. The van der Waals surface area contributed by atoms with Gasteiger partial charge in [0.15, 0.2) is 0 Å². The fourth-order valence-corrected chi connectivity index (χ4v) is 2.53. The lowest BCUT2D eigenvalue weighted by molar-refractivity contribution is 0.0944. The van der Waals surface area contributed by atoms with E-state index in [1.54, 1.807) is 14.2 Å². The van der Waals surface area contributed by atoms with Crippen LogP contribution in [0.5, 0.6) is 11.5 Å². The number of ether oxygens (including phenoxy) is 2. The van der Waals surface area contributed by atoms with Crippen LogP contribution < -0.4 is 14.8 Å². The molecule has 22 heavy (non-hydrogen) atoms. The Morgan fingerprint density at radius 2 is 1.86 bits per heavy atom. The minimum atomic E-state index is -0.0801. The van der Waals surface area contributed by atoms with Gasteiger partial charge in [0.1, 0.15) is 17.2 Å². The van der Waals surface area contributed by atoms with Crippen LogP contribution >= 0.6 is 0 Å². The monoisotopic (exact) mass is 304 g/mol. The van der Waals surface area contributed by atoms with E-state index in [4.69, 9.17) is 9.47 Å². The average Bonchev–Trinajstić information content (AvgIpc) is 2.84. The molecule has 0 unspecified atom stereocenters. The first-order chi connectivity index (χ1) is 10.5. The molecule has 0 bridgehead atoms. The molecule has 0 radical (unpaired) electrons. The lowest BCUT2D eigenvalue weighted by Crippen LogP contribution is -2.27. The summed E-state index contributed by atoms with van der Waals surface area (Å²) in [4.78, 5) is 12.4. The van der Waals surface area contributed by atoms with Gasteiger partial charge < -0.3 is 19.4 Å². The molecule has 1 amide bonds. The van der Waals surface area contributed by atoms with Crippen molar-refractivity contribution in [1.82, 2.24) is 9.88 Å². The van der Waals surface area contributed by atoms with E-state index in [9.17, 15) is 4.79 Å². The van der Waals surface area contributed by atoms with E-state index >= 15 is 0 Å². The number of methoxy groups -OCH3 is 2. The van der Waals surface area contributed by atoms with Crippen molar-refractivity contribution >= 4 is 16.8 Å². The molecule has 120 valence electrons. The fourth-order valence-electron chi connectivity index (χ4n) is 2.53. The Morgan fingerprint density at radius 1 is 1.23 bits per heavy atom. The maximum Gasteiger partial charge on any atom is 0.267 e. The number of carbonyl (C=O) groups is 1. The smallest absolute Gasteiger partial charge is 0.267 e. The Kier molecular flexibility index (Phi) is 4.96. The molecule has 5 nitrogen and oxygen atoms in total. The molecule has 0 saturated carbocycles. The molecule has 5 heteroatoms. The Labute approximate surface area is 131 Å². The SMILES string of the molecule is COc1ccc(OC)c2c1cc(C(=O)NCCC(C)C)n2C. The van der Waals surface area contributed by atoms with Crippen LogP contribution in [0.1, 0.15) is 30.8 Å². The average molecular weight is 304 g/mol. The summed E-state index contributed by atoms with van der Waals surface area (Å²) in [7, 11) is 5.11. The van der Waals surface area contributed by atoms with Crippen LogP contribution in [0.4, 0.5) is 0 Å². The zero-order valence-electron chi connectivity index (χ0n) is 13.9. The second-order valence-corrected chi connectivity index (χ2v) is 5.76. The maximum absolute atomic E-state index is 12.4. The molecule has 0 atom stereocenters. The number of aromatic nitrogens is 1. The summed E-state index contributed by atoms with van der Waals surface area (Å²) in [6.07, 6.45) is 0.961. The van der Waals surface area contributed by atoms with Crippen LogP contribution in [0.25, 0.3) is 10.9 Å². The standard InChI is InChI=1S/C17H24N2O3/c1-11(2)8-9-18-17(20)13-10-12-14(21-4)6-7-15(22-5)16(12)19(13)3/h6-7,10-11H,8-9H2,1-5H3,(H,18,20). The minimum Gasteiger partial charge on any atom is -0.496 e. The summed E-state index contributed by atoms with van der Waals surface area (Å²) < 4.78 is 12.6. The predicted octanol–water partition coefficient (Wildman–Crippen LogP) is 2.97. The molecule has 1 N–H and O–H groups in total. The van der Waals surface area contributed by atoms with Gasteiger partial charge in [0.2, 0.25) is 0 Å². The van der Waals surface area contributed by atoms with Crippen molar-refractivity contribution in [3.05, 3.63) is 23.9 Å². The molecule has 0 saturated heterocycles. The highest BCUT2D eigenvalue weighted by Crippen LogP contribution is 2.35. The number of hydrogen-bond donors (Lipinski definition) is 1. The highest BCUT2D eigenvalue weighted by molar-refractivity contribution is 6.02. The second kappa shape index (κ2) is 6.73. The van der Waals surface area contributed by atoms with Crippen molar-refractivity contribution < 1.29 is 14.3 Å². The van der Waals surface area contributed by atoms with Gasteiger partial charge >= 0.3 is 0 Å². The fraction of sp³-hybridized carbons (Fsp3) is 0.471. The van der Waals surface area contributed by atoms with Crippen molar-refractivity contribution in [2.75, 3.05) is 20.8 Å². The van der Waals surface area contributed by atoms with E-state index in [2.05, 4.69) is 19.2 Å². The molecule has 0 aliphatic rings. The van der Waals surface area contributed by atoms with Gasteiger partial charge in [0, 0.05) is 19.0 Å². The van der Waals surface area contributed by atoms with Crippen molar-refractivity contribution in [2.45, 2.75) is 20.3 Å². The summed E-state index contributed by atoms with van der Waals surface area (Å²) in [5, 5.41) is 3.84. The van der Waals surface area contributed by atoms with E-state index in [1.165, 1.54) is 0 Å². The highest BCUT2D eigenvalue weighted by Gasteiger charge is 2.18. The summed E-state index contributed by atoms with van der Waals surface area (Å²) in [6.45, 7) is 4.95. The molecule has 0 fully saturated rings. The molecule has 2 aromatic rings. The van der Waals surface area contributed by atoms with Crippen LogP contribution in [0.15, 0.2) is 18.2 Å². The number of carbonyl (C=O) groups excluding carboxylic acids is 1. The first-order valence-corrected chi connectivity index (χ1v) is 7.48. The Morgan fingerprint density at radius 3 is 2.45 bits per heavy atom. The topological polar surface area (TPSA) is 52.5 Å². The summed E-state index contributed by atoms with van der Waals surface area (Å²) in [6, 6.07) is 5.55. The Hall–Kier alpha value is -2.17. The first-order valence-electron chi connectivity index (χ1n) is 7.48. The number of amides is 1. The molecule has 1 aromatic heterocycles. The number of fused-ring (bicyclic) bond motifs is 1. The molecule has 0 spiro atoms. The third-order valence-electron chi connectivity index (χ3n) is 3.80. The normalized spacial score (nSPS) is 11.0. The number of aryl methyl sites for hydroxylation is 1. The Bertz CT molecular complexity index is 674. The zero-order chi connectivity index (χ0) is 16.3. The van der Waals surface area contributed by atoms with E-state index in [-0.39, 0.29) is 5.91 Å². The molecule has 0 aliphatic heterocycles. The number of rotatable bonds is 6. The van der Waals surface area contributed by atoms with Gasteiger partial charge in [-0.2, -0.15) is 0 Å². The van der Waals surface area contributed by atoms with E-state index in [0.29, 0.717) is 18.2 Å². The van der Waals surface area contributed by atoms with E-state index in [1.807, 2.05) is 29.8 Å². The quantitative estimate of drug-likeness (QED) is 0.892. The van der Waals surface area contributed by atoms with Crippen molar-refractivity contribution in [3.63, 3.8) is 0 Å².